The van der Waals surface area contributed by atoms with E-state index in [2.05, 4.69) is 45.1 Å². The molecule has 63 heavy (non-hydrogen) atoms. The van der Waals surface area contributed by atoms with Crippen molar-refractivity contribution in [2.24, 2.45) is 0 Å². The Kier molecular flexibility index (Phi) is 50.8. The smallest absolute Gasteiger partial charge is 0.306 e. The van der Waals surface area contributed by atoms with Crippen LogP contribution < -0.4 is 0 Å². The summed E-state index contributed by atoms with van der Waals surface area (Å²) in [5, 5.41) is 0. The van der Waals surface area contributed by atoms with Crippen molar-refractivity contribution in [3.05, 3.63) is 24.3 Å². The van der Waals surface area contributed by atoms with Crippen LogP contribution in [0.4, 0.5) is 0 Å². The third kappa shape index (κ3) is 50.7. The molecule has 370 valence electrons. The third-order valence-corrected chi connectivity index (χ3v) is 12.4. The van der Waals surface area contributed by atoms with Gasteiger partial charge in [-0.25, -0.2) is 0 Å². The zero-order chi connectivity index (χ0) is 45.8. The van der Waals surface area contributed by atoms with E-state index >= 15 is 0 Å². The van der Waals surface area contributed by atoms with Gasteiger partial charge in [-0.1, -0.05) is 238 Å². The third-order valence-electron chi connectivity index (χ3n) is 12.4. The van der Waals surface area contributed by atoms with Crippen LogP contribution in [0.5, 0.6) is 0 Å². The lowest BCUT2D eigenvalue weighted by atomic mass is 10.0. The molecule has 0 spiro atoms. The number of carbonyl (C=O) groups excluding carboxylic acids is 3. The summed E-state index contributed by atoms with van der Waals surface area (Å²) in [6.45, 7) is 6.61. The maximum Gasteiger partial charge on any atom is 0.306 e. The summed E-state index contributed by atoms with van der Waals surface area (Å²) in [6.07, 6.45) is 60.5. The summed E-state index contributed by atoms with van der Waals surface area (Å²) in [6, 6.07) is 0. The highest BCUT2D eigenvalue weighted by molar-refractivity contribution is 5.71. The first-order chi connectivity index (χ1) is 31.0. The SMILES string of the molecule is CCCCC/C=C\CCCCCCCC(=O)OC(COC(=O)CCCCCCCCCC)COC(=O)CCCCCCCCCCCCCCC/C=C\CCCCCCCCCC. The fourth-order valence-corrected chi connectivity index (χ4v) is 8.20. The average molecular weight is 887 g/mol. The molecule has 0 heterocycles. The standard InChI is InChI=1S/C57H106O6/c1-4-7-10-13-16-19-21-23-24-25-26-27-28-29-30-31-32-33-34-35-37-38-41-44-47-50-56(59)62-53-54(52-61-55(58)49-46-43-40-18-15-12-9-6-3)63-57(60)51-48-45-42-39-36-22-20-17-14-11-8-5-2/h17,20,25-26,54H,4-16,18-19,21-24,27-53H2,1-3H3/b20-17-,26-25-. The number of ether oxygens (including phenoxy) is 3. The van der Waals surface area contributed by atoms with E-state index in [-0.39, 0.29) is 31.1 Å². The van der Waals surface area contributed by atoms with Gasteiger partial charge in [0, 0.05) is 19.3 Å². The zero-order valence-electron chi connectivity index (χ0n) is 42.4. The van der Waals surface area contributed by atoms with Crippen LogP contribution in [0.3, 0.4) is 0 Å². The molecular weight excluding hydrogens is 781 g/mol. The van der Waals surface area contributed by atoms with Gasteiger partial charge in [0.2, 0.25) is 0 Å². The van der Waals surface area contributed by atoms with Gasteiger partial charge in [0.25, 0.3) is 0 Å². The predicted molar refractivity (Wildman–Crippen MR) is 270 cm³/mol. The van der Waals surface area contributed by atoms with Gasteiger partial charge in [-0.15, -0.1) is 0 Å². The maximum absolute atomic E-state index is 12.7. The van der Waals surface area contributed by atoms with Crippen molar-refractivity contribution >= 4 is 17.9 Å². The average Bonchev–Trinajstić information content (AvgIpc) is 3.28. The number of hydrogen-bond donors (Lipinski definition) is 0. The molecule has 0 aromatic carbocycles. The Morgan fingerprint density at radius 3 is 0.825 bits per heavy atom. The number of hydrogen-bond acceptors (Lipinski definition) is 6. The molecule has 6 heteroatoms. The summed E-state index contributed by atoms with van der Waals surface area (Å²) in [4.78, 5) is 37.8. The van der Waals surface area contributed by atoms with Crippen LogP contribution in [0.2, 0.25) is 0 Å². The van der Waals surface area contributed by atoms with Gasteiger partial charge in [0.1, 0.15) is 13.2 Å². The summed E-state index contributed by atoms with van der Waals surface area (Å²) in [7, 11) is 0. The molecule has 0 aromatic heterocycles. The minimum atomic E-state index is -0.769. The molecule has 0 rings (SSSR count). The van der Waals surface area contributed by atoms with Crippen LogP contribution in [0.25, 0.3) is 0 Å². The zero-order valence-corrected chi connectivity index (χ0v) is 42.4. The normalized spacial score (nSPS) is 12.1. The van der Waals surface area contributed by atoms with Gasteiger partial charge in [0.15, 0.2) is 6.10 Å². The Morgan fingerprint density at radius 2 is 0.524 bits per heavy atom. The Labute approximate surface area is 392 Å². The first kappa shape index (κ1) is 60.9. The van der Waals surface area contributed by atoms with E-state index in [0.717, 1.165) is 64.2 Å². The fourth-order valence-electron chi connectivity index (χ4n) is 8.20. The second-order valence-electron chi connectivity index (χ2n) is 18.8. The maximum atomic E-state index is 12.7. The van der Waals surface area contributed by atoms with Gasteiger partial charge < -0.3 is 14.2 Å². The minimum absolute atomic E-state index is 0.0711. The highest BCUT2D eigenvalue weighted by atomic mass is 16.6. The van der Waals surface area contributed by atoms with Crippen LogP contribution >= 0.6 is 0 Å². The van der Waals surface area contributed by atoms with Gasteiger partial charge in [-0.3, -0.25) is 14.4 Å². The number of carbonyl (C=O) groups is 3. The Morgan fingerprint density at radius 1 is 0.302 bits per heavy atom. The van der Waals surface area contributed by atoms with E-state index in [9.17, 15) is 14.4 Å². The highest BCUT2D eigenvalue weighted by Gasteiger charge is 2.19. The molecule has 0 radical (unpaired) electrons. The lowest BCUT2D eigenvalue weighted by Crippen LogP contribution is -2.30. The molecule has 0 fully saturated rings. The summed E-state index contributed by atoms with van der Waals surface area (Å²) < 4.78 is 16.8. The Bertz CT molecular complexity index is 1020. The summed E-state index contributed by atoms with van der Waals surface area (Å²) >= 11 is 0. The van der Waals surface area contributed by atoms with Crippen molar-refractivity contribution in [1.82, 2.24) is 0 Å². The molecule has 6 nitrogen and oxygen atoms in total. The van der Waals surface area contributed by atoms with Gasteiger partial charge in [0.05, 0.1) is 0 Å². The van der Waals surface area contributed by atoms with E-state index in [1.165, 1.54) is 199 Å². The van der Waals surface area contributed by atoms with E-state index < -0.39 is 6.10 Å². The molecule has 0 aliphatic rings. The fraction of sp³-hybridized carbons (Fsp3) is 0.877. The van der Waals surface area contributed by atoms with Crippen LogP contribution in [0, 0.1) is 0 Å². The Hall–Kier alpha value is -2.11. The molecule has 1 unspecified atom stereocenters. The quantitative estimate of drug-likeness (QED) is 0.0262. The van der Waals surface area contributed by atoms with Crippen LogP contribution in [-0.4, -0.2) is 37.2 Å². The molecule has 0 bridgehead atoms. The molecule has 0 saturated heterocycles. The lowest BCUT2D eigenvalue weighted by molar-refractivity contribution is -0.167. The molecule has 0 aliphatic carbocycles. The topological polar surface area (TPSA) is 78.9 Å². The number of rotatable bonds is 51. The van der Waals surface area contributed by atoms with Crippen LogP contribution in [0.15, 0.2) is 24.3 Å². The molecule has 0 aliphatic heterocycles. The second-order valence-corrected chi connectivity index (χ2v) is 18.8. The molecule has 0 N–H and O–H groups in total. The number of esters is 3. The van der Waals surface area contributed by atoms with E-state index in [1.807, 2.05) is 0 Å². The van der Waals surface area contributed by atoms with E-state index in [4.69, 9.17) is 14.2 Å². The van der Waals surface area contributed by atoms with Crippen molar-refractivity contribution in [2.45, 2.75) is 309 Å². The number of allylic oxidation sites excluding steroid dienone is 4. The van der Waals surface area contributed by atoms with Gasteiger partial charge in [-0.05, 0) is 70.6 Å². The molecule has 1 atom stereocenters. The highest BCUT2D eigenvalue weighted by Crippen LogP contribution is 2.16. The molecule has 0 amide bonds. The lowest BCUT2D eigenvalue weighted by Gasteiger charge is -2.18. The van der Waals surface area contributed by atoms with E-state index in [0.29, 0.717) is 19.3 Å². The van der Waals surface area contributed by atoms with Crippen LogP contribution in [0.1, 0.15) is 303 Å². The minimum Gasteiger partial charge on any atom is -0.462 e. The van der Waals surface area contributed by atoms with Gasteiger partial charge >= 0.3 is 17.9 Å². The van der Waals surface area contributed by atoms with Crippen LogP contribution in [-0.2, 0) is 28.6 Å². The first-order valence-electron chi connectivity index (χ1n) is 27.8. The van der Waals surface area contributed by atoms with E-state index in [1.54, 1.807) is 0 Å². The van der Waals surface area contributed by atoms with Crippen molar-refractivity contribution in [2.75, 3.05) is 13.2 Å². The summed E-state index contributed by atoms with van der Waals surface area (Å²) in [5.74, 6) is -0.872. The molecule has 0 aromatic rings. The van der Waals surface area contributed by atoms with Crippen molar-refractivity contribution in [3.63, 3.8) is 0 Å². The number of unbranched alkanes of at least 4 members (excludes halogenated alkanes) is 36. The largest absolute Gasteiger partial charge is 0.462 e. The van der Waals surface area contributed by atoms with Crippen molar-refractivity contribution in [1.29, 1.82) is 0 Å². The molecular formula is C57H106O6. The monoisotopic (exact) mass is 887 g/mol. The van der Waals surface area contributed by atoms with Crippen molar-refractivity contribution < 1.29 is 28.6 Å². The second kappa shape index (κ2) is 52.5. The summed E-state index contributed by atoms with van der Waals surface area (Å²) in [5.41, 5.74) is 0. The first-order valence-corrected chi connectivity index (χ1v) is 27.8. The molecule has 0 saturated carbocycles. The Balaban J connectivity index is 4.10. The van der Waals surface area contributed by atoms with Crippen molar-refractivity contribution in [3.8, 4) is 0 Å². The van der Waals surface area contributed by atoms with Gasteiger partial charge in [-0.2, -0.15) is 0 Å². The predicted octanol–water partition coefficient (Wildman–Crippen LogP) is 18.3.